The first-order valence-corrected chi connectivity index (χ1v) is 4.09. The van der Waals surface area contributed by atoms with Gasteiger partial charge in [-0.2, -0.15) is 0 Å². The number of hydrogen-bond acceptors (Lipinski definition) is 3. The van der Waals surface area contributed by atoms with E-state index in [-0.39, 0.29) is 6.04 Å². The predicted molar refractivity (Wildman–Crippen MR) is 47.4 cm³/mol. The standard InChI is InChI=1S/C7H16N4O/c1-12-6-3-2-5(4-6)10-7(8)11-9/h5-6H,2-4,9H2,1H3,(H3,8,10,11). The lowest BCUT2D eigenvalue weighted by atomic mass is 10.3. The van der Waals surface area contributed by atoms with Crippen LogP contribution in [0.3, 0.4) is 0 Å². The lowest BCUT2D eigenvalue weighted by Gasteiger charge is -2.06. The molecule has 5 nitrogen and oxygen atoms in total. The van der Waals surface area contributed by atoms with Crippen LogP contribution in [0.5, 0.6) is 0 Å². The largest absolute Gasteiger partial charge is 0.381 e. The van der Waals surface area contributed by atoms with Crippen molar-refractivity contribution in [3.8, 4) is 0 Å². The van der Waals surface area contributed by atoms with Crippen molar-refractivity contribution < 1.29 is 4.74 Å². The number of rotatable bonds is 2. The van der Waals surface area contributed by atoms with Gasteiger partial charge in [0.15, 0.2) is 0 Å². The van der Waals surface area contributed by atoms with Crippen LogP contribution < -0.4 is 17.0 Å². The summed E-state index contributed by atoms with van der Waals surface area (Å²) in [5.41, 5.74) is 7.72. The van der Waals surface area contributed by atoms with Gasteiger partial charge in [-0.1, -0.05) is 0 Å². The number of guanidine groups is 1. The molecule has 1 aliphatic rings. The number of methoxy groups -OCH3 is 1. The number of nitrogens with two attached hydrogens (primary N) is 2. The minimum Gasteiger partial charge on any atom is -0.381 e. The van der Waals surface area contributed by atoms with Gasteiger partial charge in [0.1, 0.15) is 0 Å². The van der Waals surface area contributed by atoms with Crippen LogP contribution in [0.15, 0.2) is 4.99 Å². The Morgan fingerprint density at radius 2 is 2.33 bits per heavy atom. The first kappa shape index (κ1) is 9.28. The van der Waals surface area contributed by atoms with E-state index < -0.39 is 0 Å². The molecule has 1 fully saturated rings. The van der Waals surface area contributed by atoms with E-state index in [1.165, 1.54) is 0 Å². The molecule has 0 bridgehead atoms. The fourth-order valence-corrected chi connectivity index (χ4v) is 1.48. The lowest BCUT2D eigenvalue weighted by molar-refractivity contribution is 0.108. The number of aliphatic imine (C=N–C) groups is 1. The molecule has 5 heteroatoms. The van der Waals surface area contributed by atoms with Crippen LogP contribution in [0.4, 0.5) is 0 Å². The van der Waals surface area contributed by atoms with Gasteiger partial charge in [-0.3, -0.25) is 5.43 Å². The zero-order chi connectivity index (χ0) is 8.97. The van der Waals surface area contributed by atoms with Crippen LogP contribution in [-0.4, -0.2) is 25.2 Å². The molecule has 0 aromatic heterocycles. The number of nitrogens with zero attached hydrogens (tertiary/aromatic N) is 1. The van der Waals surface area contributed by atoms with Gasteiger partial charge in [0, 0.05) is 7.11 Å². The second-order valence-electron chi connectivity index (χ2n) is 2.98. The zero-order valence-corrected chi connectivity index (χ0v) is 7.29. The molecule has 0 aromatic carbocycles. The lowest BCUT2D eigenvalue weighted by Crippen LogP contribution is -2.38. The molecule has 2 atom stereocenters. The Morgan fingerprint density at radius 1 is 1.58 bits per heavy atom. The topological polar surface area (TPSA) is 85.7 Å². The van der Waals surface area contributed by atoms with Crippen LogP contribution in [-0.2, 0) is 4.74 Å². The second kappa shape index (κ2) is 4.27. The van der Waals surface area contributed by atoms with Crippen molar-refractivity contribution in [2.75, 3.05) is 7.11 Å². The van der Waals surface area contributed by atoms with Crippen LogP contribution in [0.25, 0.3) is 0 Å². The molecular weight excluding hydrogens is 156 g/mol. The number of nitrogens with one attached hydrogen (secondary N) is 1. The van der Waals surface area contributed by atoms with Crippen LogP contribution in [0.1, 0.15) is 19.3 Å². The average molecular weight is 172 g/mol. The summed E-state index contributed by atoms with van der Waals surface area (Å²) in [5, 5.41) is 0. The molecule has 0 aliphatic heterocycles. The van der Waals surface area contributed by atoms with E-state index in [9.17, 15) is 0 Å². The third kappa shape index (κ3) is 2.35. The van der Waals surface area contributed by atoms with Gasteiger partial charge in [0.05, 0.1) is 12.1 Å². The van der Waals surface area contributed by atoms with Crippen LogP contribution in [0, 0.1) is 0 Å². The molecule has 0 saturated heterocycles. The highest BCUT2D eigenvalue weighted by Crippen LogP contribution is 2.23. The van der Waals surface area contributed by atoms with Crippen molar-refractivity contribution in [1.82, 2.24) is 5.43 Å². The van der Waals surface area contributed by atoms with E-state index in [2.05, 4.69) is 10.4 Å². The average Bonchev–Trinajstić information content (AvgIpc) is 2.52. The maximum Gasteiger partial charge on any atom is 0.203 e. The van der Waals surface area contributed by atoms with Gasteiger partial charge >= 0.3 is 0 Å². The molecule has 1 aliphatic carbocycles. The SMILES string of the molecule is COC1CCC(N=C(N)NN)C1. The Hall–Kier alpha value is -0.810. The Labute approximate surface area is 72.1 Å². The first-order chi connectivity index (χ1) is 5.76. The van der Waals surface area contributed by atoms with E-state index in [1.807, 2.05) is 0 Å². The normalized spacial score (nSPS) is 30.7. The van der Waals surface area contributed by atoms with Crippen molar-refractivity contribution in [3.05, 3.63) is 0 Å². The molecule has 0 amide bonds. The van der Waals surface area contributed by atoms with Crippen molar-refractivity contribution in [2.24, 2.45) is 16.6 Å². The van der Waals surface area contributed by atoms with E-state index in [0.29, 0.717) is 12.1 Å². The van der Waals surface area contributed by atoms with Gasteiger partial charge < -0.3 is 10.5 Å². The van der Waals surface area contributed by atoms with E-state index in [0.717, 1.165) is 19.3 Å². The van der Waals surface area contributed by atoms with Gasteiger partial charge in [-0.25, -0.2) is 10.8 Å². The van der Waals surface area contributed by atoms with Crippen molar-refractivity contribution in [1.29, 1.82) is 0 Å². The van der Waals surface area contributed by atoms with Crippen molar-refractivity contribution in [3.63, 3.8) is 0 Å². The van der Waals surface area contributed by atoms with E-state index in [4.69, 9.17) is 16.3 Å². The fraction of sp³-hybridized carbons (Fsp3) is 0.857. The van der Waals surface area contributed by atoms with Crippen molar-refractivity contribution in [2.45, 2.75) is 31.4 Å². The number of hydrogen-bond donors (Lipinski definition) is 3. The first-order valence-electron chi connectivity index (χ1n) is 4.09. The summed E-state index contributed by atoms with van der Waals surface area (Å²) in [5.74, 6) is 5.38. The Morgan fingerprint density at radius 3 is 2.83 bits per heavy atom. The Kier molecular flexibility index (Phi) is 3.31. The van der Waals surface area contributed by atoms with Crippen LogP contribution in [0.2, 0.25) is 0 Å². The second-order valence-corrected chi connectivity index (χ2v) is 2.98. The smallest absolute Gasteiger partial charge is 0.203 e. The van der Waals surface area contributed by atoms with Crippen molar-refractivity contribution >= 4 is 5.96 Å². The summed E-state index contributed by atoms with van der Waals surface area (Å²) in [6, 6.07) is 0.269. The summed E-state index contributed by atoms with van der Waals surface area (Å²) in [7, 11) is 1.72. The number of hydrazine groups is 1. The Bertz CT molecular complexity index is 171. The minimum absolute atomic E-state index is 0.269. The van der Waals surface area contributed by atoms with Crippen LogP contribution >= 0.6 is 0 Å². The summed E-state index contributed by atoms with van der Waals surface area (Å²) in [4.78, 5) is 4.17. The maximum atomic E-state index is 5.41. The third-order valence-corrected chi connectivity index (χ3v) is 2.16. The minimum atomic E-state index is 0.269. The zero-order valence-electron chi connectivity index (χ0n) is 7.29. The molecule has 70 valence electrons. The van der Waals surface area contributed by atoms with Gasteiger partial charge in [0.2, 0.25) is 5.96 Å². The van der Waals surface area contributed by atoms with Gasteiger partial charge in [0.25, 0.3) is 0 Å². The molecule has 0 aromatic rings. The monoisotopic (exact) mass is 172 g/mol. The van der Waals surface area contributed by atoms with E-state index in [1.54, 1.807) is 7.11 Å². The molecule has 12 heavy (non-hydrogen) atoms. The summed E-state index contributed by atoms with van der Waals surface area (Å²) in [6.07, 6.45) is 3.37. The molecular formula is C7H16N4O. The highest BCUT2D eigenvalue weighted by molar-refractivity contribution is 5.77. The maximum absolute atomic E-state index is 5.41. The number of ether oxygens (including phenoxy) is 1. The summed E-state index contributed by atoms with van der Waals surface area (Å²) in [6.45, 7) is 0. The Balaban J connectivity index is 2.37. The predicted octanol–water partition coefficient (Wildman–Crippen LogP) is -0.668. The molecule has 5 N–H and O–H groups in total. The molecule has 0 radical (unpaired) electrons. The molecule has 0 spiro atoms. The highest BCUT2D eigenvalue weighted by atomic mass is 16.5. The molecule has 1 rings (SSSR count). The van der Waals surface area contributed by atoms with Gasteiger partial charge in [-0.15, -0.1) is 0 Å². The van der Waals surface area contributed by atoms with Gasteiger partial charge in [-0.05, 0) is 19.3 Å². The molecule has 1 saturated carbocycles. The quantitative estimate of drug-likeness (QED) is 0.223. The molecule has 0 heterocycles. The summed E-state index contributed by atoms with van der Waals surface area (Å²) < 4.78 is 5.19. The molecule has 2 unspecified atom stereocenters. The highest BCUT2D eigenvalue weighted by Gasteiger charge is 2.23. The van der Waals surface area contributed by atoms with E-state index >= 15 is 0 Å². The summed E-state index contributed by atoms with van der Waals surface area (Å²) >= 11 is 0. The fourth-order valence-electron chi connectivity index (χ4n) is 1.48. The third-order valence-electron chi connectivity index (χ3n) is 2.16.